The third-order valence-corrected chi connectivity index (χ3v) is 4.23. The predicted octanol–water partition coefficient (Wildman–Crippen LogP) is 3.00. The molecule has 0 saturated heterocycles. The molecule has 0 spiro atoms. The van der Waals surface area contributed by atoms with E-state index < -0.39 is 0 Å². The second kappa shape index (κ2) is 7.88. The number of Topliss-reactive ketones (excluding diaryl/α,β-unsaturated/α-hetero) is 1. The first-order chi connectivity index (χ1) is 11.7. The van der Waals surface area contributed by atoms with E-state index in [4.69, 9.17) is 5.11 Å². The molecule has 1 aromatic carbocycles. The van der Waals surface area contributed by atoms with Gasteiger partial charge in [0.15, 0.2) is 5.78 Å². The molecule has 2 heterocycles. The van der Waals surface area contributed by atoms with Crippen molar-refractivity contribution in [1.82, 2.24) is 9.38 Å². The van der Waals surface area contributed by atoms with E-state index >= 15 is 0 Å². The van der Waals surface area contributed by atoms with E-state index in [1.165, 1.54) is 11.1 Å². The minimum atomic E-state index is -0.382. The van der Waals surface area contributed by atoms with Gasteiger partial charge >= 0.3 is 0 Å². The summed E-state index contributed by atoms with van der Waals surface area (Å²) >= 11 is 0. The predicted molar refractivity (Wildman–Crippen MR) is 94.1 cm³/mol. The number of ketones is 1. The van der Waals surface area contributed by atoms with E-state index in [-0.39, 0.29) is 12.4 Å². The van der Waals surface area contributed by atoms with Gasteiger partial charge in [0.25, 0.3) is 0 Å². The quantitative estimate of drug-likeness (QED) is 0.649. The maximum atomic E-state index is 11.2. The fraction of sp³-hybridized carbons (Fsp3) is 0.300. The molecule has 0 atom stereocenters. The molecule has 1 N–H and O–H groups in total. The van der Waals surface area contributed by atoms with Crippen molar-refractivity contribution < 1.29 is 9.90 Å². The highest BCUT2D eigenvalue weighted by Gasteiger charge is 2.02. The van der Waals surface area contributed by atoms with Crippen LogP contribution in [0.3, 0.4) is 0 Å². The second-order valence-electron chi connectivity index (χ2n) is 6.13. The Labute approximate surface area is 141 Å². The van der Waals surface area contributed by atoms with Gasteiger partial charge in [0.05, 0.1) is 0 Å². The first-order valence-electron chi connectivity index (χ1n) is 8.36. The molecule has 0 bridgehead atoms. The molecule has 0 amide bonds. The Hall–Kier alpha value is -2.46. The summed E-state index contributed by atoms with van der Waals surface area (Å²) in [7, 11) is 0. The topological polar surface area (TPSA) is 54.6 Å². The largest absolute Gasteiger partial charge is 0.389 e. The van der Waals surface area contributed by atoms with Crippen LogP contribution in [0.4, 0.5) is 0 Å². The van der Waals surface area contributed by atoms with Gasteiger partial charge in [-0.1, -0.05) is 30.3 Å². The van der Waals surface area contributed by atoms with E-state index in [0.29, 0.717) is 6.42 Å². The Bertz CT molecular complexity index is 806. The number of aromatic nitrogens is 2. The summed E-state index contributed by atoms with van der Waals surface area (Å²) in [5.41, 5.74) is 4.57. The Morgan fingerprint density at radius 2 is 1.62 bits per heavy atom. The Morgan fingerprint density at radius 1 is 0.958 bits per heavy atom. The lowest BCUT2D eigenvalue weighted by atomic mass is 10.0. The van der Waals surface area contributed by atoms with Crippen molar-refractivity contribution in [3.63, 3.8) is 0 Å². The molecule has 0 aliphatic carbocycles. The number of hydrogen-bond acceptors (Lipinski definition) is 3. The molecule has 4 heteroatoms. The van der Waals surface area contributed by atoms with E-state index in [0.717, 1.165) is 36.9 Å². The lowest BCUT2D eigenvalue weighted by molar-refractivity contribution is -0.121. The van der Waals surface area contributed by atoms with Crippen LogP contribution in [0, 0.1) is 0 Å². The fourth-order valence-corrected chi connectivity index (χ4v) is 2.88. The van der Waals surface area contributed by atoms with Crippen LogP contribution in [0.25, 0.3) is 5.65 Å². The van der Waals surface area contributed by atoms with Gasteiger partial charge in [-0.05, 0) is 48.4 Å². The first-order valence-corrected chi connectivity index (χ1v) is 8.36. The molecule has 4 nitrogen and oxygen atoms in total. The van der Waals surface area contributed by atoms with Crippen LogP contribution in [-0.2, 0) is 24.1 Å². The number of benzene rings is 1. The van der Waals surface area contributed by atoms with Crippen LogP contribution in [0.2, 0.25) is 0 Å². The summed E-state index contributed by atoms with van der Waals surface area (Å²) in [4.78, 5) is 15.5. The van der Waals surface area contributed by atoms with E-state index in [9.17, 15) is 4.79 Å². The summed E-state index contributed by atoms with van der Waals surface area (Å²) < 4.78 is 2.06. The number of nitrogens with zero attached hydrogens (tertiary/aromatic N) is 2. The van der Waals surface area contributed by atoms with Crippen LogP contribution in [0.1, 0.15) is 29.5 Å². The molecule has 0 fully saturated rings. The van der Waals surface area contributed by atoms with Crippen molar-refractivity contribution in [3.8, 4) is 0 Å². The Morgan fingerprint density at radius 3 is 2.38 bits per heavy atom. The van der Waals surface area contributed by atoms with Crippen LogP contribution in [0.15, 0.2) is 55.0 Å². The summed E-state index contributed by atoms with van der Waals surface area (Å²) in [5.74, 6) is -0.141. The zero-order valence-corrected chi connectivity index (χ0v) is 13.7. The molecule has 2 aromatic heterocycles. The average Bonchev–Trinajstić information content (AvgIpc) is 3.07. The molecule has 0 radical (unpaired) electrons. The second-order valence-corrected chi connectivity index (χ2v) is 6.13. The van der Waals surface area contributed by atoms with Gasteiger partial charge < -0.3 is 9.51 Å². The summed E-state index contributed by atoms with van der Waals surface area (Å²) in [6.45, 7) is -0.382. The first kappa shape index (κ1) is 16.4. The van der Waals surface area contributed by atoms with Gasteiger partial charge in [0, 0.05) is 25.0 Å². The molecule has 0 aliphatic rings. The third-order valence-electron chi connectivity index (χ3n) is 4.23. The molecule has 3 aromatic rings. The van der Waals surface area contributed by atoms with Gasteiger partial charge in [0.2, 0.25) is 0 Å². The van der Waals surface area contributed by atoms with Crippen molar-refractivity contribution in [1.29, 1.82) is 0 Å². The maximum Gasteiger partial charge on any atom is 0.162 e. The lowest BCUT2D eigenvalue weighted by Crippen LogP contribution is -2.07. The van der Waals surface area contributed by atoms with Gasteiger partial charge in [-0.25, -0.2) is 4.98 Å². The number of hydrogen-bond donors (Lipinski definition) is 1. The molecule has 0 unspecified atom stereocenters. The summed E-state index contributed by atoms with van der Waals surface area (Å²) in [5, 5.41) is 8.78. The van der Waals surface area contributed by atoms with E-state index in [1.807, 2.05) is 24.5 Å². The van der Waals surface area contributed by atoms with Crippen LogP contribution < -0.4 is 0 Å². The number of carbonyl (C=O) groups excluding carboxylic acids is 1. The van der Waals surface area contributed by atoms with Gasteiger partial charge in [-0.2, -0.15) is 0 Å². The smallest absolute Gasteiger partial charge is 0.162 e. The fourth-order valence-electron chi connectivity index (χ4n) is 2.88. The standard InChI is InChI=1S/C20H22N2O2/c23-15-19(24)13-17-7-5-16(6-8-17)3-1-2-4-18-9-10-20-21-11-12-22(20)14-18/h5-12,14,23H,1-4,13,15H2. The molecule has 0 aliphatic heterocycles. The molecule has 0 saturated carbocycles. The zero-order chi connectivity index (χ0) is 16.8. The van der Waals surface area contributed by atoms with E-state index in [1.54, 1.807) is 0 Å². The SMILES string of the molecule is O=C(CO)Cc1ccc(CCCCc2ccc3nccn3c2)cc1. The highest BCUT2D eigenvalue weighted by Crippen LogP contribution is 2.12. The average molecular weight is 322 g/mol. The molecular weight excluding hydrogens is 300 g/mol. The number of carbonyl (C=O) groups is 1. The number of aryl methyl sites for hydroxylation is 2. The number of fused-ring (bicyclic) bond motifs is 1. The molecule has 124 valence electrons. The van der Waals surface area contributed by atoms with Crippen molar-refractivity contribution in [2.45, 2.75) is 32.1 Å². The third kappa shape index (κ3) is 4.30. The highest BCUT2D eigenvalue weighted by molar-refractivity contribution is 5.81. The lowest BCUT2D eigenvalue weighted by Gasteiger charge is -2.05. The minimum Gasteiger partial charge on any atom is -0.389 e. The molecule has 24 heavy (non-hydrogen) atoms. The monoisotopic (exact) mass is 322 g/mol. The minimum absolute atomic E-state index is 0.141. The zero-order valence-electron chi connectivity index (χ0n) is 13.7. The number of aliphatic hydroxyl groups excluding tert-OH is 1. The highest BCUT2D eigenvalue weighted by atomic mass is 16.3. The molecular formula is C20H22N2O2. The van der Waals surface area contributed by atoms with Gasteiger partial charge in [-0.3, -0.25) is 4.79 Å². The van der Waals surface area contributed by atoms with Gasteiger partial charge in [-0.15, -0.1) is 0 Å². The van der Waals surface area contributed by atoms with E-state index in [2.05, 4.69) is 39.8 Å². The van der Waals surface area contributed by atoms with Crippen LogP contribution in [0.5, 0.6) is 0 Å². The molecule has 3 rings (SSSR count). The van der Waals surface area contributed by atoms with Crippen molar-refractivity contribution >= 4 is 11.4 Å². The van der Waals surface area contributed by atoms with Crippen LogP contribution in [-0.4, -0.2) is 26.9 Å². The van der Waals surface area contributed by atoms with Gasteiger partial charge in [0.1, 0.15) is 12.3 Å². The van der Waals surface area contributed by atoms with Crippen LogP contribution >= 0.6 is 0 Å². The Balaban J connectivity index is 1.45. The number of imidazole rings is 1. The number of aliphatic hydroxyl groups is 1. The summed E-state index contributed by atoms with van der Waals surface area (Å²) in [6, 6.07) is 12.3. The van der Waals surface area contributed by atoms with Crippen molar-refractivity contribution in [3.05, 3.63) is 71.7 Å². The normalized spacial score (nSPS) is 11.0. The summed E-state index contributed by atoms with van der Waals surface area (Å²) in [6.07, 6.45) is 10.6. The number of rotatable bonds is 8. The van der Waals surface area contributed by atoms with Crippen molar-refractivity contribution in [2.75, 3.05) is 6.61 Å². The maximum absolute atomic E-state index is 11.2. The Kier molecular flexibility index (Phi) is 5.39. The number of unbranched alkanes of at least 4 members (excludes halogenated alkanes) is 1. The number of pyridine rings is 1. The van der Waals surface area contributed by atoms with Crippen molar-refractivity contribution in [2.24, 2.45) is 0 Å².